The molecule has 11 heavy (non-hydrogen) atoms. The predicted octanol–water partition coefficient (Wildman–Crippen LogP) is 3.86. The molecule has 0 radical (unpaired) electrons. The molecule has 0 aromatic rings. The molecule has 0 bridgehead atoms. The van der Waals surface area contributed by atoms with E-state index in [0.717, 1.165) is 0 Å². The molecule has 0 aromatic carbocycles. The maximum Gasteiger partial charge on any atom is -0.0111 e. The number of allylic oxidation sites excluding steroid dienone is 4. The number of hydrogen-bond acceptors (Lipinski definition) is 1. The summed E-state index contributed by atoms with van der Waals surface area (Å²) in [6.07, 6.45) is 9.17. The topological polar surface area (TPSA) is 0 Å². The molecule has 1 heterocycles. The Bertz CT molecular complexity index is 223. The summed E-state index contributed by atoms with van der Waals surface area (Å²) in [5, 5.41) is 0. The quantitative estimate of drug-likeness (QED) is 0.526. The first-order valence-corrected chi connectivity index (χ1v) is 5.23. The van der Waals surface area contributed by atoms with Crippen LogP contribution in [0.2, 0.25) is 0 Å². The third-order valence-corrected chi connectivity index (χ3v) is 3.67. The van der Waals surface area contributed by atoms with Crippen molar-refractivity contribution >= 4 is 11.8 Å². The van der Waals surface area contributed by atoms with Crippen LogP contribution in [0.25, 0.3) is 0 Å². The minimum atomic E-state index is 1.24. The van der Waals surface area contributed by atoms with Crippen LogP contribution in [-0.4, -0.2) is 0 Å². The average molecular weight is 166 g/mol. The maximum atomic E-state index is 2.37. The predicted molar refractivity (Wildman–Crippen MR) is 51.5 cm³/mol. The summed E-state index contributed by atoms with van der Waals surface area (Å²) in [5.41, 5.74) is 1.73. The molecule has 2 rings (SSSR count). The van der Waals surface area contributed by atoms with Crippen LogP contribution in [0.3, 0.4) is 0 Å². The highest BCUT2D eigenvalue weighted by atomic mass is 32.2. The van der Waals surface area contributed by atoms with E-state index < -0.39 is 0 Å². The standard InChI is InChI=1S/C10H14S/c1-8-6-7-9-4-2-3-5-10(9)11-8/h6H,2-5,7H2,1H3. The van der Waals surface area contributed by atoms with Crippen LogP contribution in [0.15, 0.2) is 21.5 Å². The molecule has 0 saturated carbocycles. The van der Waals surface area contributed by atoms with Crippen LogP contribution < -0.4 is 0 Å². The zero-order chi connectivity index (χ0) is 7.68. The molecule has 0 unspecified atom stereocenters. The molecule has 0 N–H and O–H groups in total. The van der Waals surface area contributed by atoms with Crippen LogP contribution >= 0.6 is 11.8 Å². The van der Waals surface area contributed by atoms with Crippen molar-refractivity contribution in [1.29, 1.82) is 0 Å². The molecule has 0 spiro atoms. The van der Waals surface area contributed by atoms with Crippen molar-refractivity contribution in [3.63, 3.8) is 0 Å². The van der Waals surface area contributed by atoms with Gasteiger partial charge in [0.2, 0.25) is 0 Å². The first-order valence-electron chi connectivity index (χ1n) is 4.42. The molecule has 1 aliphatic heterocycles. The lowest BCUT2D eigenvalue weighted by Crippen LogP contribution is -1.99. The Morgan fingerprint density at radius 3 is 3.00 bits per heavy atom. The van der Waals surface area contributed by atoms with Gasteiger partial charge in [-0.2, -0.15) is 0 Å². The summed E-state index contributed by atoms with van der Waals surface area (Å²) in [4.78, 5) is 3.20. The largest absolute Gasteiger partial charge is 0.0997 e. The number of rotatable bonds is 0. The molecule has 1 heteroatoms. The molecule has 0 saturated heterocycles. The van der Waals surface area contributed by atoms with Gasteiger partial charge in [-0.1, -0.05) is 23.4 Å². The smallest absolute Gasteiger partial charge is 0.0111 e. The van der Waals surface area contributed by atoms with E-state index in [9.17, 15) is 0 Å². The highest BCUT2D eigenvalue weighted by Gasteiger charge is 2.15. The Morgan fingerprint density at radius 2 is 2.09 bits per heavy atom. The van der Waals surface area contributed by atoms with E-state index in [2.05, 4.69) is 13.0 Å². The molecule has 0 atom stereocenters. The fourth-order valence-corrected chi connectivity index (χ4v) is 2.91. The zero-order valence-electron chi connectivity index (χ0n) is 7.02. The van der Waals surface area contributed by atoms with Crippen molar-refractivity contribution in [3.05, 3.63) is 21.5 Å². The van der Waals surface area contributed by atoms with Crippen molar-refractivity contribution in [1.82, 2.24) is 0 Å². The Hall–Kier alpha value is -0.170. The lowest BCUT2D eigenvalue weighted by Gasteiger charge is -2.22. The lowest BCUT2D eigenvalue weighted by molar-refractivity contribution is 0.683. The highest BCUT2D eigenvalue weighted by molar-refractivity contribution is 8.06. The van der Waals surface area contributed by atoms with E-state index >= 15 is 0 Å². The van der Waals surface area contributed by atoms with E-state index in [4.69, 9.17) is 0 Å². The van der Waals surface area contributed by atoms with Gasteiger partial charge in [-0.25, -0.2) is 0 Å². The molecule has 1 aliphatic carbocycles. The number of hydrogen-bond donors (Lipinski definition) is 0. The van der Waals surface area contributed by atoms with Gasteiger partial charge in [-0.15, -0.1) is 0 Å². The molecular formula is C10H14S. The van der Waals surface area contributed by atoms with Gasteiger partial charge < -0.3 is 0 Å². The molecule has 2 aliphatic rings. The highest BCUT2D eigenvalue weighted by Crippen LogP contribution is 2.41. The van der Waals surface area contributed by atoms with Crippen molar-refractivity contribution in [3.8, 4) is 0 Å². The Labute approximate surface area is 72.8 Å². The Morgan fingerprint density at radius 1 is 1.27 bits per heavy atom. The van der Waals surface area contributed by atoms with Gasteiger partial charge in [-0.05, 0) is 48.8 Å². The summed E-state index contributed by atoms with van der Waals surface area (Å²) in [6, 6.07) is 0. The number of thioether (sulfide) groups is 1. The van der Waals surface area contributed by atoms with Gasteiger partial charge in [-0.3, -0.25) is 0 Å². The first-order chi connectivity index (χ1) is 5.36. The summed E-state index contributed by atoms with van der Waals surface area (Å²) in [5.74, 6) is 0. The van der Waals surface area contributed by atoms with Gasteiger partial charge in [0.15, 0.2) is 0 Å². The molecule has 0 aromatic heterocycles. The molecule has 0 amide bonds. The van der Waals surface area contributed by atoms with Crippen molar-refractivity contribution in [2.75, 3.05) is 0 Å². The minimum absolute atomic E-state index is 1.24. The summed E-state index contributed by atoms with van der Waals surface area (Å²) in [7, 11) is 0. The van der Waals surface area contributed by atoms with Gasteiger partial charge >= 0.3 is 0 Å². The van der Waals surface area contributed by atoms with E-state index in [1.54, 1.807) is 10.5 Å². The zero-order valence-corrected chi connectivity index (χ0v) is 7.84. The van der Waals surface area contributed by atoms with E-state index in [1.807, 2.05) is 11.8 Å². The van der Waals surface area contributed by atoms with Crippen LogP contribution in [0, 0.1) is 0 Å². The van der Waals surface area contributed by atoms with Gasteiger partial charge in [0.05, 0.1) is 0 Å². The summed E-state index contributed by atoms with van der Waals surface area (Å²) >= 11 is 2.01. The monoisotopic (exact) mass is 166 g/mol. The van der Waals surface area contributed by atoms with E-state index in [1.165, 1.54) is 37.0 Å². The fraction of sp³-hybridized carbons (Fsp3) is 0.600. The van der Waals surface area contributed by atoms with Crippen LogP contribution in [-0.2, 0) is 0 Å². The second-order valence-electron chi connectivity index (χ2n) is 3.35. The Kier molecular flexibility index (Phi) is 2.08. The van der Waals surface area contributed by atoms with Crippen LogP contribution in [0.5, 0.6) is 0 Å². The lowest BCUT2D eigenvalue weighted by atomic mass is 9.96. The Balaban J connectivity index is 2.16. The third-order valence-electron chi connectivity index (χ3n) is 2.45. The third kappa shape index (κ3) is 1.53. The summed E-state index contributed by atoms with van der Waals surface area (Å²) < 4.78 is 0. The fourth-order valence-electron chi connectivity index (χ4n) is 1.78. The van der Waals surface area contributed by atoms with Crippen LogP contribution in [0.1, 0.15) is 39.0 Å². The average Bonchev–Trinajstić information content (AvgIpc) is 2.04. The van der Waals surface area contributed by atoms with Gasteiger partial charge in [0.1, 0.15) is 0 Å². The molecular weight excluding hydrogens is 152 g/mol. The normalized spacial score (nSPS) is 24.6. The van der Waals surface area contributed by atoms with E-state index in [-0.39, 0.29) is 0 Å². The second-order valence-corrected chi connectivity index (χ2v) is 4.70. The maximum absolute atomic E-state index is 2.37. The first kappa shape index (κ1) is 7.48. The van der Waals surface area contributed by atoms with Crippen molar-refractivity contribution in [2.24, 2.45) is 0 Å². The van der Waals surface area contributed by atoms with E-state index in [0.29, 0.717) is 0 Å². The van der Waals surface area contributed by atoms with Gasteiger partial charge in [0, 0.05) is 0 Å². The second kappa shape index (κ2) is 3.06. The molecule has 0 fully saturated rings. The SMILES string of the molecule is CC1=CCC2=C(CCCC2)S1. The van der Waals surface area contributed by atoms with Gasteiger partial charge in [0.25, 0.3) is 0 Å². The van der Waals surface area contributed by atoms with Crippen LogP contribution in [0.4, 0.5) is 0 Å². The minimum Gasteiger partial charge on any atom is -0.0997 e. The van der Waals surface area contributed by atoms with Crippen molar-refractivity contribution in [2.45, 2.75) is 39.0 Å². The molecule has 0 nitrogen and oxygen atoms in total. The molecule has 60 valence electrons. The van der Waals surface area contributed by atoms with Crippen molar-refractivity contribution < 1.29 is 0 Å². The summed E-state index contributed by atoms with van der Waals surface area (Å²) in [6.45, 7) is 2.23.